The standard InChI is InChI=1S/C14H27N3O2/c1-2-3-7-14(19)17-10-5-4-6-12(17)11-13(18)16-9-8-15/h12H,2-11,15H2,1H3,(H,16,18). The minimum absolute atomic E-state index is 0.00522. The van der Waals surface area contributed by atoms with E-state index in [0.29, 0.717) is 25.9 Å². The largest absolute Gasteiger partial charge is 0.355 e. The van der Waals surface area contributed by atoms with E-state index in [9.17, 15) is 9.59 Å². The first-order valence-corrected chi connectivity index (χ1v) is 7.45. The van der Waals surface area contributed by atoms with Crippen LogP contribution in [-0.4, -0.2) is 42.4 Å². The summed E-state index contributed by atoms with van der Waals surface area (Å²) in [4.78, 5) is 25.8. The van der Waals surface area contributed by atoms with Gasteiger partial charge in [0.25, 0.3) is 0 Å². The molecule has 0 radical (unpaired) electrons. The number of likely N-dealkylation sites (tertiary alicyclic amines) is 1. The van der Waals surface area contributed by atoms with Crippen molar-refractivity contribution in [2.45, 2.75) is 57.9 Å². The summed E-state index contributed by atoms with van der Waals surface area (Å²) in [7, 11) is 0. The summed E-state index contributed by atoms with van der Waals surface area (Å²) >= 11 is 0. The Labute approximate surface area is 115 Å². The van der Waals surface area contributed by atoms with Gasteiger partial charge in [0.15, 0.2) is 0 Å². The van der Waals surface area contributed by atoms with Crippen molar-refractivity contribution in [2.24, 2.45) is 5.73 Å². The summed E-state index contributed by atoms with van der Waals surface area (Å²) in [5.74, 6) is 0.212. The molecule has 0 aromatic heterocycles. The van der Waals surface area contributed by atoms with E-state index in [0.717, 1.165) is 38.6 Å². The molecule has 0 spiro atoms. The smallest absolute Gasteiger partial charge is 0.222 e. The molecule has 0 saturated carbocycles. The number of unbranched alkanes of at least 4 members (excludes halogenated alkanes) is 1. The Morgan fingerprint density at radius 3 is 2.84 bits per heavy atom. The summed E-state index contributed by atoms with van der Waals surface area (Å²) in [6.07, 6.45) is 6.08. The van der Waals surface area contributed by atoms with Crippen molar-refractivity contribution in [1.82, 2.24) is 10.2 Å². The molecular weight excluding hydrogens is 242 g/mol. The Hall–Kier alpha value is -1.10. The molecule has 1 unspecified atom stereocenters. The van der Waals surface area contributed by atoms with Gasteiger partial charge in [-0.3, -0.25) is 9.59 Å². The van der Waals surface area contributed by atoms with Crippen molar-refractivity contribution < 1.29 is 9.59 Å². The molecule has 110 valence electrons. The van der Waals surface area contributed by atoms with Crippen LogP contribution in [0.15, 0.2) is 0 Å². The second-order valence-electron chi connectivity index (χ2n) is 5.18. The number of nitrogens with one attached hydrogen (secondary N) is 1. The predicted octanol–water partition coefficient (Wildman–Crippen LogP) is 1.02. The van der Waals surface area contributed by atoms with Gasteiger partial charge in [-0.25, -0.2) is 0 Å². The molecule has 1 rings (SSSR count). The number of piperidine rings is 1. The third kappa shape index (κ3) is 5.59. The minimum Gasteiger partial charge on any atom is -0.355 e. The monoisotopic (exact) mass is 269 g/mol. The van der Waals surface area contributed by atoms with E-state index in [1.165, 1.54) is 0 Å². The van der Waals surface area contributed by atoms with Gasteiger partial charge in [-0.05, 0) is 25.7 Å². The molecular formula is C14H27N3O2. The molecule has 1 fully saturated rings. The van der Waals surface area contributed by atoms with Gasteiger partial charge in [-0.15, -0.1) is 0 Å². The predicted molar refractivity (Wildman–Crippen MR) is 75.6 cm³/mol. The summed E-state index contributed by atoms with van der Waals surface area (Å²) < 4.78 is 0. The first-order chi connectivity index (χ1) is 9.19. The highest BCUT2D eigenvalue weighted by Gasteiger charge is 2.27. The molecule has 1 aliphatic heterocycles. The number of amides is 2. The molecule has 0 bridgehead atoms. The van der Waals surface area contributed by atoms with Crippen LogP contribution in [0.5, 0.6) is 0 Å². The van der Waals surface area contributed by atoms with Gasteiger partial charge < -0.3 is 16.0 Å². The minimum atomic E-state index is 0.00522. The van der Waals surface area contributed by atoms with Gasteiger partial charge in [-0.2, -0.15) is 0 Å². The SMILES string of the molecule is CCCCC(=O)N1CCCCC1CC(=O)NCCN. The average molecular weight is 269 g/mol. The molecule has 5 heteroatoms. The van der Waals surface area contributed by atoms with E-state index >= 15 is 0 Å². The Bertz CT molecular complexity index is 294. The second-order valence-corrected chi connectivity index (χ2v) is 5.18. The third-order valence-electron chi connectivity index (χ3n) is 3.58. The van der Waals surface area contributed by atoms with Crippen LogP contribution in [-0.2, 0) is 9.59 Å². The van der Waals surface area contributed by atoms with Crippen LogP contribution >= 0.6 is 0 Å². The highest BCUT2D eigenvalue weighted by Crippen LogP contribution is 2.21. The number of carbonyl (C=O) groups is 2. The first kappa shape index (κ1) is 16.0. The summed E-state index contributed by atoms with van der Waals surface area (Å²) in [5.41, 5.74) is 5.36. The Balaban J connectivity index is 2.47. The highest BCUT2D eigenvalue weighted by atomic mass is 16.2. The Kier molecular flexibility index (Phi) is 7.48. The second kappa shape index (κ2) is 8.91. The van der Waals surface area contributed by atoms with Crippen molar-refractivity contribution in [3.8, 4) is 0 Å². The maximum atomic E-state index is 12.1. The molecule has 1 atom stereocenters. The molecule has 1 aliphatic rings. The molecule has 2 amide bonds. The quantitative estimate of drug-likeness (QED) is 0.724. The van der Waals surface area contributed by atoms with Crippen LogP contribution in [0.4, 0.5) is 0 Å². The molecule has 3 N–H and O–H groups in total. The Morgan fingerprint density at radius 2 is 2.16 bits per heavy atom. The van der Waals surface area contributed by atoms with E-state index < -0.39 is 0 Å². The number of carbonyl (C=O) groups excluding carboxylic acids is 2. The maximum absolute atomic E-state index is 12.1. The van der Waals surface area contributed by atoms with Gasteiger partial charge in [0.1, 0.15) is 0 Å². The van der Waals surface area contributed by atoms with Gasteiger partial charge in [0.05, 0.1) is 0 Å². The zero-order chi connectivity index (χ0) is 14.1. The lowest BCUT2D eigenvalue weighted by atomic mass is 9.98. The summed E-state index contributed by atoms with van der Waals surface area (Å²) in [6, 6.07) is 0.0795. The topological polar surface area (TPSA) is 75.4 Å². The molecule has 1 saturated heterocycles. The van der Waals surface area contributed by atoms with Crippen LogP contribution in [0.3, 0.4) is 0 Å². The molecule has 19 heavy (non-hydrogen) atoms. The number of hydrogen-bond acceptors (Lipinski definition) is 3. The highest BCUT2D eigenvalue weighted by molar-refractivity contribution is 5.80. The van der Waals surface area contributed by atoms with Gasteiger partial charge in [0.2, 0.25) is 11.8 Å². The average Bonchev–Trinajstić information content (AvgIpc) is 2.43. The number of nitrogens with two attached hydrogens (primary N) is 1. The number of nitrogens with zero attached hydrogens (tertiary/aromatic N) is 1. The van der Waals surface area contributed by atoms with Gasteiger partial charge >= 0.3 is 0 Å². The summed E-state index contributed by atoms with van der Waals surface area (Å²) in [5, 5.41) is 2.78. The van der Waals surface area contributed by atoms with E-state index in [1.807, 2.05) is 4.90 Å². The lowest BCUT2D eigenvalue weighted by molar-refractivity contribution is -0.136. The molecule has 0 aromatic rings. The van der Waals surface area contributed by atoms with Crippen LogP contribution in [0.2, 0.25) is 0 Å². The van der Waals surface area contributed by atoms with E-state index in [-0.39, 0.29) is 17.9 Å². The fraction of sp³-hybridized carbons (Fsp3) is 0.857. The van der Waals surface area contributed by atoms with Crippen LogP contribution in [0.25, 0.3) is 0 Å². The lowest BCUT2D eigenvalue weighted by Gasteiger charge is -2.35. The van der Waals surface area contributed by atoms with Gasteiger partial charge in [-0.1, -0.05) is 13.3 Å². The van der Waals surface area contributed by atoms with E-state index in [4.69, 9.17) is 5.73 Å². The van der Waals surface area contributed by atoms with E-state index in [1.54, 1.807) is 0 Å². The fourth-order valence-corrected chi connectivity index (χ4v) is 2.51. The van der Waals surface area contributed by atoms with Crippen molar-refractivity contribution in [3.63, 3.8) is 0 Å². The zero-order valence-electron chi connectivity index (χ0n) is 12.0. The van der Waals surface area contributed by atoms with Crippen molar-refractivity contribution in [2.75, 3.05) is 19.6 Å². The van der Waals surface area contributed by atoms with E-state index in [2.05, 4.69) is 12.2 Å². The summed E-state index contributed by atoms with van der Waals surface area (Å²) in [6.45, 7) is 3.85. The van der Waals surface area contributed by atoms with Crippen LogP contribution in [0.1, 0.15) is 51.9 Å². The normalized spacial score (nSPS) is 19.3. The molecule has 5 nitrogen and oxygen atoms in total. The van der Waals surface area contributed by atoms with Crippen molar-refractivity contribution in [3.05, 3.63) is 0 Å². The third-order valence-corrected chi connectivity index (χ3v) is 3.58. The lowest BCUT2D eigenvalue weighted by Crippen LogP contribution is -2.46. The van der Waals surface area contributed by atoms with Crippen molar-refractivity contribution >= 4 is 11.8 Å². The maximum Gasteiger partial charge on any atom is 0.222 e. The first-order valence-electron chi connectivity index (χ1n) is 7.45. The molecule has 0 aromatic carbocycles. The van der Waals surface area contributed by atoms with Crippen molar-refractivity contribution in [1.29, 1.82) is 0 Å². The number of rotatable bonds is 7. The van der Waals surface area contributed by atoms with Crippen LogP contribution < -0.4 is 11.1 Å². The zero-order valence-corrected chi connectivity index (χ0v) is 12.0. The van der Waals surface area contributed by atoms with Gasteiger partial charge in [0, 0.05) is 38.5 Å². The van der Waals surface area contributed by atoms with Crippen LogP contribution in [0, 0.1) is 0 Å². The number of hydrogen-bond donors (Lipinski definition) is 2. The molecule has 0 aliphatic carbocycles. The fourth-order valence-electron chi connectivity index (χ4n) is 2.51. The molecule has 1 heterocycles. The Morgan fingerprint density at radius 1 is 1.37 bits per heavy atom.